The Bertz CT molecular complexity index is 440. The van der Waals surface area contributed by atoms with E-state index in [1.165, 1.54) is 16.8 Å². The number of aryl methyl sites for hydroxylation is 2. The first-order valence-electron chi connectivity index (χ1n) is 4.45. The van der Waals surface area contributed by atoms with Crippen molar-refractivity contribution < 1.29 is 0 Å². The average molecular weight is 267 g/mol. The molecule has 0 bridgehead atoms. The molecule has 80 valence electrons. The fourth-order valence-corrected chi connectivity index (χ4v) is 2.05. The Morgan fingerprint density at radius 1 is 1.20 bits per heavy atom. The lowest BCUT2D eigenvalue weighted by Gasteiger charge is -2.10. The van der Waals surface area contributed by atoms with Gasteiger partial charge in [0.2, 0.25) is 0 Å². The Hall–Kier alpha value is -1.09. The van der Waals surface area contributed by atoms with Gasteiger partial charge in [-0.1, -0.05) is 25.6 Å². The first-order chi connectivity index (χ1) is 6.70. The molecule has 2 nitrogen and oxygen atoms in total. The molecule has 0 atom stereocenters. The second-order valence-electron chi connectivity index (χ2n) is 3.31. The molecule has 0 radical (unpaired) electrons. The normalized spacial score (nSPS) is 9.80. The topological polar surface area (TPSA) is 17.8 Å². The summed E-state index contributed by atoms with van der Waals surface area (Å²) < 4.78 is 2.89. The van der Waals surface area contributed by atoms with E-state index in [4.69, 9.17) is 0 Å². The number of para-hydroxylation sites is 1. The first kappa shape index (κ1) is 12.0. The van der Waals surface area contributed by atoms with E-state index in [0.29, 0.717) is 0 Å². The molecule has 3 heteroatoms. The molecule has 0 aliphatic heterocycles. The van der Waals surface area contributed by atoms with E-state index < -0.39 is 0 Å². The van der Waals surface area contributed by atoms with Crippen LogP contribution in [0.3, 0.4) is 0 Å². The van der Waals surface area contributed by atoms with Gasteiger partial charge in [0, 0.05) is 12.4 Å². The minimum atomic E-state index is 0. The molecule has 15 heavy (non-hydrogen) atoms. The third kappa shape index (κ3) is 2.12. The van der Waals surface area contributed by atoms with Crippen LogP contribution in [0, 0.1) is 13.8 Å². The van der Waals surface area contributed by atoms with Crippen molar-refractivity contribution in [3.05, 3.63) is 46.5 Å². The van der Waals surface area contributed by atoms with Crippen molar-refractivity contribution in [2.75, 3.05) is 0 Å². The number of hydrogen-bond donors (Lipinski definition) is 0. The highest BCUT2D eigenvalue weighted by Crippen LogP contribution is 2.22. The standard InChI is InChI=1S/C11H11BrN2.CH4/c1-8-4-3-5-9(2)10(8)14-7-6-13-11(14)12;/h3-7H,1-2H3;1H4. The number of halogens is 1. The summed E-state index contributed by atoms with van der Waals surface area (Å²) in [4.78, 5) is 4.15. The van der Waals surface area contributed by atoms with Crippen molar-refractivity contribution in [2.24, 2.45) is 0 Å². The number of aromatic nitrogens is 2. The van der Waals surface area contributed by atoms with E-state index in [1.807, 2.05) is 10.8 Å². The van der Waals surface area contributed by atoms with E-state index in [1.54, 1.807) is 6.20 Å². The van der Waals surface area contributed by atoms with E-state index in [9.17, 15) is 0 Å². The van der Waals surface area contributed by atoms with Gasteiger partial charge in [0.15, 0.2) is 4.73 Å². The van der Waals surface area contributed by atoms with Gasteiger partial charge >= 0.3 is 0 Å². The van der Waals surface area contributed by atoms with Gasteiger partial charge in [-0.3, -0.25) is 4.57 Å². The summed E-state index contributed by atoms with van der Waals surface area (Å²) in [6.45, 7) is 4.21. The van der Waals surface area contributed by atoms with Crippen LogP contribution in [0.5, 0.6) is 0 Å². The van der Waals surface area contributed by atoms with Crippen LogP contribution >= 0.6 is 15.9 Å². The zero-order valence-corrected chi connectivity index (χ0v) is 9.75. The predicted octanol–water partition coefficient (Wildman–Crippen LogP) is 3.89. The van der Waals surface area contributed by atoms with Gasteiger partial charge in [0.05, 0.1) is 5.69 Å². The fourth-order valence-electron chi connectivity index (χ4n) is 1.64. The molecule has 0 aliphatic carbocycles. The van der Waals surface area contributed by atoms with Gasteiger partial charge in [0.25, 0.3) is 0 Å². The maximum absolute atomic E-state index is 4.15. The summed E-state index contributed by atoms with van der Waals surface area (Å²) in [6.07, 6.45) is 3.75. The molecule has 0 amide bonds. The van der Waals surface area contributed by atoms with Crippen LogP contribution in [0.15, 0.2) is 35.3 Å². The average Bonchev–Trinajstić information content (AvgIpc) is 2.52. The zero-order valence-electron chi connectivity index (χ0n) is 8.16. The molecule has 1 aromatic heterocycles. The smallest absolute Gasteiger partial charge is 0.181 e. The van der Waals surface area contributed by atoms with Crippen LogP contribution < -0.4 is 0 Å². The molecular weight excluding hydrogens is 252 g/mol. The first-order valence-corrected chi connectivity index (χ1v) is 5.25. The van der Waals surface area contributed by atoms with Gasteiger partial charge in [-0.15, -0.1) is 0 Å². The lowest BCUT2D eigenvalue weighted by atomic mass is 10.1. The van der Waals surface area contributed by atoms with Crippen LogP contribution in [0.2, 0.25) is 0 Å². The van der Waals surface area contributed by atoms with Crippen molar-refractivity contribution in [3.63, 3.8) is 0 Å². The van der Waals surface area contributed by atoms with Crippen molar-refractivity contribution >= 4 is 15.9 Å². The van der Waals surface area contributed by atoms with Gasteiger partial charge in [-0.25, -0.2) is 4.98 Å². The van der Waals surface area contributed by atoms with Crippen LogP contribution in [0.4, 0.5) is 0 Å². The summed E-state index contributed by atoms with van der Waals surface area (Å²) in [5.74, 6) is 0. The number of imidazole rings is 1. The Morgan fingerprint density at radius 3 is 2.27 bits per heavy atom. The second kappa shape index (κ2) is 4.62. The van der Waals surface area contributed by atoms with E-state index >= 15 is 0 Å². The summed E-state index contributed by atoms with van der Waals surface area (Å²) in [5.41, 5.74) is 3.71. The lowest BCUT2D eigenvalue weighted by Crippen LogP contribution is -1.98. The van der Waals surface area contributed by atoms with Gasteiger partial charge in [-0.2, -0.15) is 0 Å². The number of rotatable bonds is 1. The Kier molecular flexibility index (Phi) is 3.69. The van der Waals surface area contributed by atoms with Crippen molar-refractivity contribution in [3.8, 4) is 5.69 Å². The van der Waals surface area contributed by atoms with Gasteiger partial charge < -0.3 is 0 Å². The van der Waals surface area contributed by atoms with Crippen LogP contribution in [-0.2, 0) is 0 Å². The van der Waals surface area contributed by atoms with Crippen molar-refractivity contribution in [2.45, 2.75) is 21.3 Å². The molecule has 0 saturated heterocycles. The van der Waals surface area contributed by atoms with Crippen LogP contribution in [0.25, 0.3) is 5.69 Å². The Labute approximate surface area is 99.1 Å². The molecule has 1 aromatic carbocycles. The summed E-state index contributed by atoms with van der Waals surface area (Å²) in [6, 6.07) is 6.28. The second-order valence-corrected chi connectivity index (χ2v) is 4.02. The zero-order chi connectivity index (χ0) is 10.1. The van der Waals surface area contributed by atoms with E-state index in [-0.39, 0.29) is 7.43 Å². The van der Waals surface area contributed by atoms with Crippen molar-refractivity contribution in [1.82, 2.24) is 9.55 Å². The highest BCUT2D eigenvalue weighted by atomic mass is 79.9. The summed E-state index contributed by atoms with van der Waals surface area (Å²) in [5, 5.41) is 0. The highest BCUT2D eigenvalue weighted by molar-refractivity contribution is 9.10. The number of hydrogen-bond acceptors (Lipinski definition) is 1. The monoisotopic (exact) mass is 266 g/mol. The van der Waals surface area contributed by atoms with E-state index in [2.05, 4.69) is 53.0 Å². The van der Waals surface area contributed by atoms with Crippen LogP contribution in [0.1, 0.15) is 18.6 Å². The molecule has 0 N–H and O–H groups in total. The molecule has 2 rings (SSSR count). The van der Waals surface area contributed by atoms with Crippen LogP contribution in [-0.4, -0.2) is 9.55 Å². The van der Waals surface area contributed by atoms with Gasteiger partial charge in [-0.05, 0) is 40.9 Å². The number of benzene rings is 1. The molecular formula is C12H15BrN2. The van der Waals surface area contributed by atoms with E-state index in [0.717, 1.165) is 4.73 Å². The Morgan fingerprint density at radius 2 is 1.80 bits per heavy atom. The molecule has 0 spiro atoms. The van der Waals surface area contributed by atoms with Crippen molar-refractivity contribution in [1.29, 1.82) is 0 Å². The Balaban J connectivity index is 0.00000112. The predicted molar refractivity (Wildman–Crippen MR) is 67.5 cm³/mol. The summed E-state index contributed by atoms with van der Waals surface area (Å²) >= 11 is 3.42. The molecule has 0 fully saturated rings. The highest BCUT2D eigenvalue weighted by Gasteiger charge is 2.06. The lowest BCUT2D eigenvalue weighted by molar-refractivity contribution is 0.986. The maximum Gasteiger partial charge on any atom is 0.181 e. The third-order valence-corrected chi connectivity index (χ3v) is 2.86. The number of nitrogens with zero attached hydrogens (tertiary/aromatic N) is 2. The SMILES string of the molecule is C.Cc1cccc(C)c1-n1ccnc1Br. The molecule has 0 aliphatic rings. The molecule has 0 saturated carbocycles. The summed E-state index contributed by atoms with van der Waals surface area (Å²) in [7, 11) is 0. The third-order valence-electron chi connectivity index (χ3n) is 2.28. The maximum atomic E-state index is 4.15. The molecule has 1 heterocycles. The molecule has 0 unspecified atom stereocenters. The quantitative estimate of drug-likeness (QED) is 0.766. The fraction of sp³-hybridized carbons (Fsp3) is 0.250. The molecule has 2 aromatic rings. The largest absolute Gasteiger partial charge is 0.294 e. The van der Waals surface area contributed by atoms with Gasteiger partial charge in [0.1, 0.15) is 0 Å². The minimum absolute atomic E-state index is 0. The minimum Gasteiger partial charge on any atom is -0.294 e.